The van der Waals surface area contributed by atoms with Crippen LogP contribution in [0.1, 0.15) is 41.3 Å². The highest BCUT2D eigenvalue weighted by Gasteiger charge is 2.12. The van der Waals surface area contributed by atoms with E-state index in [9.17, 15) is 4.79 Å². The average Bonchev–Trinajstić information content (AvgIpc) is 3.23. The first-order valence-corrected chi connectivity index (χ1v) is 10.1. The molecule has 0 amide bonds. The topological polar surface area (TPSA) is 53.6 Å². The Morgan fingerprint density at radius 1 is 1.14 bits per heavy atom. The second kappa shape index (κ2) is 9.55. The molecule has 0 atom stereocenters. The molecule has 2 aromatic rings. The van der Waals surface area contributed by atoms with Gasteiger partial charge < -0.3 is 20.3 Å². The van der Waals surface area contributed by atoms with Crippen LogP contribution in [-0.4, -0.2) is 30.8 Å². The molecule has 1 saturated heterocycles. The Morgan fingerprint density at radius 2 is 1.86 bits per heavy atom. The Labute approximate surface area is 172 Å². The van der Waals surface area contributed by atoms with Crippen molar-refractivity contribution >= 4 is 34.7 Å². The number of anilines is 2. The third-order valence-electron chi connectivity index (χ3n) is 4.86. The Morgan fingerprint density at radius 3 is 2.54 bits per heavy atom. The zero-order chi connectivity index (χ0) is 19.9. The molecule has 0 aromatic heterocycles. The van der Waals surface area contributed by atoms with Gasteiger partial charge in [0.25, 0.3) is 0 Å². The van der Waals surface area contributed by atoms with Crippen molar-refractivity contribution in [2.45, 2.75) is 33.2 Å². The largest absolute Gasteiger partial charge is 0.462 e. The van der Waals surface area contributed by atoms with E-state index in [0.717, 1.165) is 24.3 Å². The molecule has 1 aliphatic rings. The number of esters is 1. The van der Waals surface area contributed by atoms with Crippen molar-refractivity contribution in [3.63, 3.8) is 0 Å². The standard InChI is InChI=1S/C22H27N3O2S/c1-3-27-21(26)18-9-6-16(2)20(14-18)24-22(28)23-15-17-7-10-19(11-8-17)25-12-4-5-13-25/h6-11,14H,3-5,12-13,15H2,1-2H3,(H2,23,24,28). The maximum absolute atomic E-state index is 11.9. The van der Waals surface area contributed by atoms with E-state index in [1.54, 1.807) is 19.1 Å². The lowest BCUT2D eigenvalue weighted by atomic mass is 10.1. The van der Waals surface area contributed by atoms with Gasteiger partial charge in [0.1, 0.15) is 0 Å². The van der Waals surface area contributed by atoms with E-state index in [1.165, 1.54) is 24.1 Å². The molecule has 0 aliphatic carbocycles. The van der Waals surface area contributed by atoms with Gasteiger partial charge in [-0.2, -0.15) is 0 Å². The predicted octanol–water partition coefficient (Wildman–Crippen LogP) is 4.26. The second-order valence-corrected chi connectivity index (χ2v) is 7.33. The number of carbonyl (C=O) groups excluding carboxylic acids is 1. The van der Waals surface area contributed by atoms with Gasteiger partial charge in [0, 0.05) is 31.0 Å². The van der Waals surface area contributed by atoms with Crippen LogP contribution in [0.4, 0.5) is 11.4 Å². The lowest BCUT2D eigenvalue weighted by Gasteiger charge is -2.18. The molecule has 3 rings (SSSR count). The molecule has 0 radical (unpaired) electrons. The molecule has 1 aliphatic heterocycles. The van der Waals surface area contributed by atoms with Crippen LogP contribution in [0.15, 0.2) is 42.5 Å². The van der Waals surface area contributed by atoms with Gasteiger partial charge in [-0.15, -0.1) is 0 Å². The number of ether oxygens (including phenoxy) is 1. The van der Waals surface area contributed by atoms with Gasteiger partial charge in [-0.3, -0.25) is 0 Å². The Hall–Kier alpha value is -2.60. The lowest BCUT2D eigenvalue weighted by molar-refractivity contribution is 0.0526. The molecule has 0 bridgehead atoms. The summed E-state index contributed by atoms with van der Waals surface area (Å²) in [5.74, 6) is -0.331. The smallest absolute Gasteiger partial charge is 0.338 e. The van der Waals surface area contributed by atoms with Crippen LogP contribution in [0.5, 0.6) is 0 Å². The molecule has 0 spiro atoms. The maximum atomic E-state index is 11.9. The number of nitrogens with one attached hydrogen (secondary N) is 2. The van der Waals surface area contributed by atoms with Crippen LogP contribution < -0.4 is 15.5 Å². The number of aryl methyl sites for hydroxylation is 1. The first-order chi connectivity index (χ1) is 13.6. The quantitative estimate of drug-likeness (QED) is 0.561. The Kier molecular flexibility index (Phi) is 6.87. The van der Waals surface area contributed by atoms with Gasteiger partial charge in [0.15, 0.2) is 5.11 Å². The fourth-order valence-corrected chi connectivity index (χ4v) is 3.43. The van der Waals surface area contributed by atoms with Crippen LogP contribution in [0.3, 0.4) is 0 Å². The third-order valence-corrected chi connectivity index (χ3v) is 5.10. The minimum absolute atomic E-state index is 0.331. The minimum atomic E-state index is -0.331. The number of hydrogen-bond donors (Lipinski definition) is 2. The van der Waals surface area contributed by atoms with Crippen molar-refractivity contribution in [1.82, 2.24) is 5.32 Å². The summed E-state index contributed by atoms with van der Waals surface area (Å²) in [6, 6.07) is 14.0. The Balaban J connectivity index is 1.55. The average molecular weight is 398 g/mol. The summed E-state index contributed by atoms with van der Waals surface area (Å²) >= 11 is 5.42. The fourth-order valence-electron chi connectivity index (χ4n) is 3.25. The summed E-state index contributed by atoms with van der Waals surface area (Å²) in [6.45, 7) is 7.05. The number of rotatable bonds is 6. The maximum Gasteiger partial charge on any atom is 0.338 e. The molecule has 148 valence electrons. The van der Waals surface area contributed by atoms with E-state index >= 15 is 0 Å². The van der Waals surface area contributed by atoms with Gasteiger partial charge in [0.05, 0.1) is 12.2 Å². The summed E-state index contributed by atoms with van der Waals surface area (Å²) in [6.07, 6.45) is 2.56. The third kappa shape index (κ3) is 5.23. The summed E-state index contributed by atoms with van der Waals surface area (Å²) in [7, 11) is 0. The first kappa shape index (κ1) is 20.1. The van der Waals surface area contributed by atoms with E-state index in [1.807, 2.05) is 13.0 Å². The van der Waals surface area contributed by atoms with Crippen molar-refractivity contribution < 1.29 is 9.53 Å². The summed E-state index contributed by atoms with van der Waals surface area (Å²) in [4.78, 5) is 14.3. The number of hydrogen-bond acceptors (Lipinski definition) is 4. The molecule has 1 heterocycles. The molecular weight excluding hydrogens is 370 g/mol. The van der Waals surface area contributed by atoms with Gasteiger partial charge >= 0.3 is 5.97 Å². The minimum Gasteiger partial charge on any atom is -0.462 e. The van der Waals surface area contributed by atoms with Crippen molar-refractivity contribution in [1.29, 1.82) is 0 Å². The van der Waals surface area contributed by atoms with Crippen molar-refractivity contribution in [3.05, 3.63) is 59.2 Å². The number of benzene rings is 2. The lowest BCUT2D eigenvalue weighted by Crippen LogP contribution is -2.28. The molecule has 5 nitrogen and oxygen atoms in total. The van der Waals surface area contributed by atoms with Gasteiger partial charge in [-0.1, -0.05) is 18.2 Å². The van der Waals surface area contributed by atoms with E-state index in [2.05, 4.69) is 39.8 Å². The van der Waals surface area contributed by atoms with Gasteiger partial charge in [-0.05, 0) is 74.3 Å². The molecule has 28 heavy (non-hydrogen) atoms. The normalized spacial score (nSPS) is 13.3. The van der Waals surface area contributed by atoms with Crippen LogP contribution >= 0.6 is 12.2 Å². The molecule has 6 heteroatoms. The van der Waals surface area contributed by atoms with Crippen LogP contribution in [0.25, 0.3) is 0 Å². The van der Waals surface area contributed by atoms with E-state index in [0.29, 0.717) is 23.8 Å². The van der Waals surface area contributed by atoms with Crippen molar-refractivity contribution in [3.8, 4) is 0 Å². The summed E-state index contributed by atoms with van der Waals surface area (Å²) < 4.78 is 5.06. The van der Waals surface area contributed by atoms with E-state index in [-0.39, 0.29) is 5.97 Å². The van der Waals surface area contributed by atoms with Crippen LogP contribution in [0.2, 0.25) is 0 Å². The Bertz CT molecular complexity index is 830. The monoisotopic (exact) mass is 397 g/mol. The van der Waals surface area contributed by atoms with Crippen LogP contribution in [0, 0.1) is 6.92 Å². The number of nitrogens with zero attached hydrogens (tertiary/aromatic N) is 1. The molecule has 0 unspecified atom stereocenters. The van der Waals surface area contributed by atoms with Crippen molar-refractivity contribution in [2.75, 3.05) is 29.9 Å². The van der Waals surface area contributed by atoms with Gasteiger partial charge in [0.2, 0.25) is 0 Å². The molecule has 1 fully saturated rings. The number of carbonyl (C=O) groups is 1. The fraction of sp³-hybridized carbons (Fsp3) is 0.364. The molecule has 0 saturated carbocycles. The van der Waals surface area contributed by atoms with Crippen LogP contribution in [-0.2, 0) is 11.3 Å². The molecule has 2 aromatic carbocycles. The molecular formula is C22H27N3O2S. The first-order valence-electron chi connectivity index (χ1n) is 9.73. The molecule has 2 N–H and O–H groups in total. The zero-order valence-electron chi connectivity index (χ0n) is 16.5. The highest BCUT2D eigenvalue weighted by atomic mass is 32.1. The number of thiocarbonyl (C=S) groups is 1. The summed E-state index contributed by atoms with van der Waals surface area (Å²) in [5.41, 5.74) is 4.77. The van der Waals surface area contributed by atoms with Crippen molar-refractivity contribution in [2.24, 2.45) is 0 Å². The SMILES string of the molecule is CCOC(=O)c1ccc(C)c(NC(=S)NCc2ccc(N3CCCC3)cc2)c1. The highest BCUT2D eigenvalue weighted by Crippen LogP contribution is 2.21. The second-order valence-electron chi connectivity index (χ2n) is 6.92. The zero-order valence-corrected chi connectivity index (χ0v) is 17.3. The highest BCUT2D eigenvalue weighted by molar-refractivity contribution is 7.80. The van der Waals surface area contributed by atoms with E-state index in [4.69, 9.17) is 17.0 Å². The summed E-state index contributed by atoms with van der Waals surface area (Å²) in [5, 5.41) is 6.93. The van der Waals surface area contributed by atoms with E-state index < -0.39 is 0 Å². The van der Waals surface area contributed by atoms with Gasteiger partial charge in [-0.25, -0.2) is 4.79 Å². The predicted molar refractivity (Wildman–Crippen MR) is 118 cm³/mol.